The topological polar surface area (TPSA) is 38.3 Å². The maximum Gasteiger partial charge on any atom is 0.320 e. The van der Waals surface area contributed by atoms with Crippen molar-refractivity contribution in [2.45, 2.75) is 60.1 Å². The lowest BCUT2D eigenvalue weighted by Gasteiger charge is -2.22. The number of hydrogen-bond acceptors (Lipinski definition) is 3. The largest absolute Gasteiger partial charge is 0.459 e. The molecule has 0 radical (unpaired) electrons. The molecule has 1 atom stereocenters. The number of carbonyl (C=O) groups excluding carboxylic acids is 1. The number of ether oxygens (including phenoxy) is 1. The van der Waals surface area contributed by atoms with E-state index in [0.717, 1.165) is 0 Å². The monoisotopic (exact) mass is 277 g/mol. The minimum Gasteiger partial charge on any atom is -0.459 e. The Bertz CT molecular complexity index is 463. The van der Waals surface area contributed by atoms with E-state index >= 15 is 0 Å². The standard InChI is InChI=1S/C17H27NO2/c1-11-8-12(2)16(13(3)9-11)14(4)18-10-15(19)20-17(5,6)7/h8-9,14,18H,10H2,1-7H3. The van der Waals surface area contributed by atoms with Crippen molar-refractivity contribution in [2.75, 3.05) is 6.54 Å². The van der Waals surface area contributed by atoms with Crippen molar-refractivity contribution < 1.29 is 9.53 Å². The van der Waals surface area contributed by atoms with Crippen LogP contribution in [0.3, 0.4) is 0 Å². The summed E-state index contributed by atoms with van der Waals surface area (Å²) in [6.45, 7) is 14.3. The van der Waals surface area contributed by atoms with E-state index in [1.165, 1.54) is 22.3 Å². The Morgan fingerprint density at radius 1 is 1.20 bits per heavy atom. The quantitative estimate of drug-likeness (QED) is 0.855. The summed E-state index contributed by atoms with van der Waals surface area (Å²) in [5.41, 5.74) is 4.61. The molecule has 1 rings (SSSR count). The van der Waals surface area contributed by atoms with Gasteiger partial charge in [0.2, 0.25) is 0 Å². The zero-order valence-electron chi connectivity index (χ0n) is 13.8. The third-order valence-electron chi connectivity index (χ3n) is 3.14. The molecule has 1 unspecified atom stereocenters. The lowest BCUT2D eigenvalue weighted by Crippen LogP contribution is -2.33. The Balaban J connectivity index is 2.69. The molecule has 0 heterocycles. The van der Waals surface area contributed by atoms with Gasteiger partial charge in [-0.25, -0.2) is 0 Å². The highest BCUT2D eigenvalue weighted by molar-refractivity contribution is 5.72. The van der Waals surface area contributed by atoms with Crippen LogP contribution in [0.2, 0.25) is 0 Å². The Morgan fingerprint density at radius 3 is 2.15 bits per heavy atom. The molecule has 112 valence electrons. The molecule has 0 aliphatic carbocycles. The SMILES string of the molecule is Cc1cc(C)c(C(C)NCC(=O)OC(C)(C)C)c(C)c1. The van der Waals surface area contributed by atoms with Gasteiger partial charge >= 0.3 is 5.97 Å². The third kappa shape index (κ3) is 4.97. The molecular formula is C17H27NO2. The summed E-state index contributed by atoms with van der Waals surface area (Å²) in [7, 11) is 0. The molecule has 0 amide bonds. The van der Waals surface area contributed by atoms with E-state index in [1.54, 1.807) is 0 Å². The van der Waals surface area contributed by atoms with Crippen molar-refractivity contribution in [3.05, 3.63) is 34.4 Å². The molecular weight excluding hydrogens is 250 g/mol. The smallest absolute Gasteiger partial charge is 0.320 e. The lowest BCUT2D eigenvalue weighted by atomic mass is 9.95. The van der Waals surface area contributed by atoms with Crippen LogP contribution in [0.1, 0.15) is 56.0 Å². The predicted molar refractivity (Wildman–Crippen MR) is 82.9 cm³/mol. The zero-order valence-corrected chi connectivity index (χ0v) is 13.8. The molecule has 0 fully saturated rings. The molecule has 0 saturated heterocycles. The van der Waals surface area contributed by atoms with Crippen LogP contribution in [0.15, 0.2) is 12.1 Å². The van der Waals surface area contributed by atoms with E-state index in [1.807, 2.05) is 20.8 Å². The summed E-state index contributed by atoms with van der Waals surface area (Å²) in [5.74, 6) is -0.216. The van der Waals surface area contributed by atoms with E-state index < -0.39 is 5.60 Å². The van der Waals surface area contributed by atoms with Crippen LogP contribution in [0.25, 0.3) is 0 Å². The van der Waals surface area contributed by atoms with Crippen LogP contribution in [0.5, 0.6) is 0 Å². The highest BCUT2D eigenvalue weighted by Gasteiger charge is 2.18. The Morgan fingerprint density at radius 2 is 1.70 bits per heavy atom. The minimum absolute atomic E-state index is 0.128. The maximum absolute atomic E-state index is 11.7. The van der Waals surface area contributed by atoms with Crippen molar-refractivity contribution in [3.63, 3.8) is 0 Å². The number of benzene rings is 1. The van der Waals surface area contributed by atoms with Gasteiger partial charge in [0.15, 0.2) is 0 Å². The summed E-state index contributed by atoms with van der Waals surface area (Å²) < 4.78 is 5.30. The first kappa shape index (κ1) is 16.7. The van der Waals surface area contributed by atoms with Crippen LogP contribution in [-0.4, -0.2) is 18.1 Å². The van der Waals surface area contributed by atoms with Gasteiger partial charge in [0, 0.05) is 6.04 Å². The van der Waals surface area contributed by atoms with Crippen LogP contribution in [0, 0.1) is 20.8 Å². The van der Waals surface area contributed by atoms with Crippen LogP contribution in [0.4, 0.5) is 0 Å². The third-order valence-corrected chi connectivity index (χ3v) is 3.14. The van der Waals surface area contributed by atoms with Gasteiger partial charge < -0.3 is 10.1 Å². The van der Waals surface area contributed by atoms with Crippen molar-refractivity contribution in [1.82, 2.24) is 5.32 Å². The van der Waals surface area contributed by atoms with E-state index in [0.29, 0.717) is 0 Å². The average molecular weight is 277 g/mol. The molecule has 0 aliphatic rings. The first-order valence-corrected chi connectivity index (χ1v) is 7.13. The number of hydrogen-bond donors (Lipinski definition) is 1. The van der Waals surface area contributed by atoms with Gasteiger partial charge in [-0.3, -0.25) is 4.79 Å². The van der Waals surface area contributed by atoms with Gasteiger partial charge in [-0.2, -0.15) is 0 Å². The van der Waals surface area contributed by atoms with Gasteiger partial charge in [0.1, 0.15) is 5.60 Å². The van der Waals surface area contributed by atoms with Crippen LogP contribution >= 0.6 is 0 Å². The van der Waals surface area contributed by atoms with Crippen LogP contribution in [-0.2, 0) is 9.53 Å². The molecule has 20 heavy (non-hydrogen) atoms. The summed E-state index contributed by atoms with van der Waals surface area (Å²) in [5, 5.41) is 3.25. The molecule has 3 heteroatoms. The first-order chi connectivity index (χ1) is 9.10. The summed E-state index contributed by atoms with van der Waals surface area (Å²) in [4.78, 5) is 11.7. The lowest BCUT2D eigenvalue weighted by molar-refractivity contribution is -0.153. The predicted octanol–water partition coefficient (Wildman–Crippen LogP) is 3.60. The van der Waals surface area contributed by atoms with E-state index in [2.05, 4.69) is 45.1 Å². The molecule has 1 aromatic rings. The van der Waals surface area contributed by atoms with Gasteiger partial charge in [0.25, 0.3) is 0 Å². The van der Waals surface area contributed by atoms with Crippen molar-refractivity contribution in [1.29, 1.82) is 0 Å². The summed E-state index contributed by atoms with van der Waals surface area (Å²) in [6.07, 6.45) is 0. The fourth-order valence-corrected chi connectivity index (χ4v) is 2.59. The Labute approximate surface area is 122 Å². The molecule has 0 saturated carbocycles. The molecule has 1 N–H and O–H groups in total. The first-order valence-electron chi connectivity index (χ1n) is 7.13. The van der Waals surface area contributed by atoms with E-state index in [-0.39, 0.29) is 18.6 Å². The van der Waals surface area contributed by atoms with Crippen molar-refractivity contribution >= 4 is 5.97 Å². The summed E-state index contributed by atoms with van der Waals surface area (Å²) in [6, 6.07) is 4.48. The van der Waals surface area contributed by atoms with Crippen molar-refractivity contribution in [3.8, 4) is 0 Å². The maximum atomic E-state index is 11.7. The van der Waals surface area contributed by atoms with Gasteiger partial charge in [-0.15, -0.1) is 0 Å². The number of carbonyl (C=O) groups is 1. The minimum atomic E-state index is -0.433. The highest BCUT2D eigenvalue weighted by Crippen LogP contribution is 2.23. The molecule has 0 aromatic heterocycles. The molecule has 0 bridgehead atoms. The normalized spacial score (nSPS) is 13.2. The highest BCUT2D eigenvalue weighted by atomic mass is 16.6. The van der Waals surface area contributed by atoms with Gasteiger partial charge in [-0.05, 0) is 65.2 Å². The number of esters is 1. The van der Waals surface area contributed by atoms with Crippen LogP contribution < -0.4 is 5.32 Å². The van der Waals surface area contributed by atoms with E-state index in [4.69, 9.17) is 4.74 Å². The summed E-state index contributed by atoms with van der Waals surface area (Å²) >= 11 is 0. The second kappa shape index (κ2) is 6.40. The molecule has 1 aromatic carbocycles. The fourth-order valence-electron chi connectivity index (χ4n) is 2.59. The average Bonchev–Trinajstić information content (AvgIpc) is 2.22. The Kier molecular flexibility index (Phi) is 5.35. The number of aryl methyl sites for hydroxylation is 3. The second-order valence-corrected chi connectivity index (χ2v) is 6.50. The molecule has 0 aliphatic heterocycles. The second-order valence-electron chi connectivity index (χ2n) is 6.50. The van der Waals surface area contributed by atoms with Crippen molar-refractivity contribution in [2.24, 2.45) is 0 Å². The zero-order chi connectivity index (χ0) is 15.5. The van der Waals surface area contributed by atoms with Gasteiger partial charge in [0.05, 0.1) is 6.54 Å². The number of nitrogens with one attached hydrogen (secondary N) is 1. The number of rotatable bonds is 4. The molecule has 0 spiro atoms. The van der Waals surface area contributed by atoms with Gasteiger partial charge in [-0.1, -0.05) is 17.7 Å². The fraction of sp³-hybridized carbons (Fsp3) is 0.588. The van der Waals surface area contributed by atoms with E-state index in [9.17, 15) is 4.79 Å². The Hall–Kier alpha value is -1.35. The molecule has 3 nitrogen and oxygen atoms in total.